The number of rotatable bonds is 4. The van der Waals surface area contributed by atoms with Gasteiger partial charge in [0.25, 0.3) is 5.69 Å². The SMILES string of the molecule is Cc1cnc(C(C)Nc2ccc(F)cc2[N+](=O)[O-])s1. The number of nitrogens with zero attached hydrogens (tertiary/aromatic N) is 2. The minimum Gasteiger partial charge on any atom is -0.371 e. The Morgan fingerprint density at radius 2 is 2.26 bits per heavy atom. The molecular formula is C12H12FN3O2S. The van der Waals surface area contributed by atoms with E-state index in [1.54, 1.807) is 6.20 Å². The predicted octanol–water partition coefficient (Wildman–Crippen LogP) is 3.67. The highest BCUT2D eigenvalue weighted by atomic mass is 32.1. The average molecular weight is 281 g/mol. The number of benzene rings is 1. The molecule has 0 saturated heterocycles. The van der Waals surface area contributed by atoms with Gasteiger partial charge in [-0.1, -0.05) is 0 Å². The molecule has 0 fully saturated rings. The Bertz CT molecular complexity index is 615. The fourth-order valence-electron chi connectivity index (χ4n) is 1.65. The van der Waals surface area contributed by atoms with Gasteiger partial charge in [-0.3, -0.25) is 10.1 Å². The quantitative estimate of drug-likeness (QED) is 0.685. The van der Waals surface area contributed by atoms with Gasteiger partial charge >= 0.3 is 0 Å². The van der Waals surface area contributed by atoms with Crippen LogP contribution in [0.5, 0.6) is 0 Å². The molecular weight excluding hydrogens is 269 g/mol. The Morgan fingerprint density at radius 1 is 1.53 bits per heavy atom. The van der Waals surface area contributed by atoms with Crippen LogP contribution in [0.2, 0.25) is 0 Å². The van der Waals surface area contributed by atoms with E-state index in [-0.39, 0.29) is 17.4 Å². The van der Waals surface area contributed by atoms with Crippen molar-refractivity contribution in [3.05, 3.63) is 50.2 Å². The van der Waals surface area contributed by atoms with Crippen LogP contribution < -0.4 is 5.32 Å². The molecule has 0 bridgehead atoms. The van der Waals surface area contributed by atoms with E-state index in [2.05, 4.69) is 10.3 Å². The zero-order valence-corrected chi connectivity index (χ0v) is 11.2. The summed E-state index contributed by atoms with van der Waals surface area (Å²) in [5.74, 6) is -0.630. The topological polar surface area (TPSA) is 68.1 Å². The molecule has 1 aromatic carbocycles. The van der Waals surface area contributed by atoms with Crippen molar-refractivity contribution in [2.75, 3.05) is 5.32 Å². The van der Waals surface area contributed by atoms with Gasteiger partial charge in [-0.2, -0.15) is 0 Å². The highest BCUT2D eigenvalue weighted by molar-refractivity contribution is 7.11. The molecule has 0 saturated carbocycles. The molecule has 1 unspecified atom stereocenters. The van der Waals surface area contributed by atoms with Gasteiger partial charge < -0.3 is 5.32 Å². The number of halogens is 1. The molecule has 100 valence electrons. The highest BCUT2D eigenvalue weighted by Gasteiger charge is 2.18. The van der Waals surface area contributed by atoms with Crippen LogP contribution in [-0.2, 0) is 0 Å². The molecule has 0 spiro atoms. The third-order valence-corrected chi connectivity index (χ3v) is 3.63. The summed E-state index contributed by atoms with van der Waals surface area (Å²) in [6.45, 7) is 3.79. The van der Waals surface area contributed by atoms with Gasteiger partial charge in [0, 0.05) is 11.1 Å². The fourth-order valence-corrected chi connectivity index (χ4v) is 2.42. The zero-order chi connectivity index (χ0) is 14.0. The molecule has 1 N–H and O–H groups in total. The molecule has 0 aliphatic heterocycles. The van der Waals surface area contributed by atoms with Crippen LogP contribution in [0.4, 0.5) is 15.8 Å². The Hall–Kier alpha value is -2.02. The first-order valence-electron chi connectivity index (χ1n) is 5.60. The lowest BCUT2D eigenvalue weighted by molar-refractivity contribution is -0.384. The third kappa shape index (κ3) is 3.05. The van der Waals surface area contributed by atoms with Gasteiger partial charge in [-0.15, -0.1) is 11.3 Å². The molecule has 1 aromatic heterocycles. The minimum atomic E-state index is -0.630. The van der Waals surface area contributed by atoms with Crippen molar-refractivity contribution < 1.29 is 9.31 Å². The summed E-state index contributed by atoms with van der Waals surface area (Å²) in [7, 11) is 0. The Morgan fingerprint density at radius 3 is 2.84 bits per heavy atom. The van der Waals surface area contributed by atoms with Crippen molar-refractivity contribution >= 4 is 22.7 Å². The Balaban J connectivity index is 2.26. The molecule has 0 aliphatic carbocycles. The molecule has 1 heterocycles. The molecule has 0 aliphatic rings. The maximum Gasteiger partial charge on any atom is 0.295 e. The van der Waals surface area contributed by atoms with Crippen LogP contribution in [0.3, 0.4) is 0 Å². The number of nitrogens with one attached hydrogen (secondary N) is 1. The van der Waals surface area contributed by atoms with Crippen LogP contribution in [0.25, 0.3) is 0 Å². The first-order chi connectivity index (χ1) is 8.97. The Kier molecular flexibility index (Phi) is 3.75. The average Bonchev–Trinajstić information content (AvgIpc) is 2.78. The summed E-state index contributed by atoms with van der Waals surface area (Å²) < 4.78 is 13.0. The van der Waals surface area contributed by atoms with E-state index < -0.39 is 10.7 Å². The lowest BCUT2D eigenvalue weighted by Crippen LogP contribution is -2.08. The van der Waals surface area contributed by atoms with E-state index in [0.717, 1.165) is 16.0 Å². The third-order valence-electron chi connectivity index (χ3n) is 2.54. The monoisotopic (exact) mass is 281 g/mol. The Labute approximate surface area is 113 Å². The number of aromatic nitrogens is 1. The molecule has 2 rings (SSSR count). The summed E-state index contributed by atoms with van der Waals surface area (Å²) in [6, 6.07) is 3.28. The second-order valence-corrected chi connectivity index (χ2v) is 5.36. The maximum atomic E-state index is 13.0. The zero-order valence-electron chi connectivity index (χ0n) is 10.4. The lowest BCUT2D eigenvalue weighted by atomic mass is 10.2. The van der Waals surface area contributed by atoms with Crippen molar-refractivity contribution in [1.29, 1.82) is 0 Å². The van der Waals surface area contributed by atoms with E-state index in [9.17, 15) is 14.5 Å². The van der Waals surface area contributed by atoms with Crippen LogP contribution in [0.15, 0.2) is 24.4 Å². The summed E-state index contributed by atoms with van der Waals surface area (Å²) in [6.07, 6.45) is 1.75. The van der Waals surface area contributed by atoms with E-state index in [0.29, 0.717) is 0 Å². The molecule has 19 heavy (non-hydrogen) atoms. The van der Waals surface area contributed by atoms with Crippen molar-refractivity contribution in [3.63, 3.8) is 0 Å². The number of aryl methyl sites for hydroxylation is 1. The minimum absolute atomic E-state index is 0.178. The number of nitro groups is 1. The van der Waals surface area contributed by atoms with E-state index >= 15 is 0 Å². The molecule has 5 nitrogen and oxygen atoms in total. The van der Waals surface area contributed by atoms with E-state index in [4.69, 9.17) is 0 Å². The first kappa shape index (κ1) is 13.4. The van der Waals surface area contributed by atoms with E-state index in [1.165, 1.54) is 23.5 Å². The van der Waals surface area contributed by atoms with Crippen molar-refractivity contribution in [1.82, 2.24) is 4.98 Å². The fraction of sp³-hybridized carbons (Fsp3) is 0.250. The highest BCUT2D eigenvalue weighted by Crippen LogP contribution is 2.29. The second kappa shape index (κ2) is 5.31. The van der Waals surface area contributed by atoms with Crippen LogP contribution in [0.1, 0.15) is 22.9 Å². The van der Waals surface area contributed by atoms with Crippen LogP contribution in [0, 0.1) is 22.9 Å². The largest absolute Gasteiger partial charge is 0.371 e. The van der Waals surface area contributed by atoms with Crippen LogP contribution in [-0.4, -0.2) is 9.91 Å². The number of hydrogen-bond donors (Lipinski definition) is 1. The van der Waals surface area contributed by atoms with Crippen LogP contribution >= 0.6 is 11.3 Å². The predicted molar refractivity (Wildman–Crippen MR) is 71.9 cm³/mol. The standard InChI is InChI=1S/C12H12FN3O2S/c1-7-6-14-12(19-7)8(2)15-10-4-3-9(13)5-11(10)16(17)18/h3-6,8,15H,1-2H3. The van der Waals surface area contributed by atoms with Gasteiger partial charge in [0.15, 0.2) is 0 Å². The summed E-state index contributed by atoms with van der Waals surface area (Å²) in [5.41, 5.74) is 0.00637. The molecule has 2 aromatic rings. The van der Waals surface area contributed by atoms with Gasteiger partial charge in [0.1, 0.15) is 16.5 Å². The molecule has 0 amide bonds. The smallest absolute Gasteiger partial charge is 0.295 e. The van der Waals surface area contributed by atoms with Crippen molar-refractivity contribution in [3.8, 4) is 0 Å². The number of thiazole rings is 1. The summed E-state index contributed by atoms with van der Waals surface area (Å²) >= 11 is 1.51. The number of hydrogen-bond acceptors (Lipinski definition) is 5. The number of nitro benzene ring substituents is 1. The molecule has 1 atom stereocenters. The van der Waals surface area contributed by atoms with Gasteiger partial charge in [0.2, 0.25) is 0 Å². The first-order valence-corrected chi connectivity index (χ1v) is 6.42. The van der Waals surface area contributed by atoms with Gasteiger partial charge in [-0.05, 0) is 26.0 Å². The summed E-state index contributed by atoms with van der Waals surface area (Å²) in [4.78, 5) is 15.6. The number of anilines is 1. The molecule has 7 heteroatoms. The normalized spacial score (nSPS) is 12.2. The van der Waals surface area contributed by atoms with E-state index in [1.807, 2.05) is 13.8 Å². The van der Waals surface area contributed by atoms with Gasteiger partial charge in [0.05, 0.1) is 17.0 Å². The van der Waals surface area contributed by atoms with Crippen molar-refractivity contribution in [2.24, 2.45) is 0 Å². The second-order valence-electron chi connectivity index (χ2n) is 4.09. The van der Waals surface area contributed by atoms with Gasteiger partial charge in [-0.25, -0.2) is 9.37 Å². The van der Waals surface area contributed by atoms with Crippen molar-refractivity contribution in [2.45, 2.75) is 19.9 Å². The summed E-state index contributed by atoms with van der Waals surface area (Å²) in [5, 5.41) is 14.7. The maximum absolute atomic E-state index is 13.0. The lowest BCUT2D eigenvalue weighted by Gasteiger charge is -2.12. The molecule has 0 radical (unpaired) electrons.